The molecule has 0 amide bonds. The maximum Gasteiger partial charge on any atom is 0.240 e. The summed E-state index contributed by atoms with van der Waals surface area (Å²) in [6, 6.07) is 7.85. The Morgan fingerprint density at radius 1 is 1.20 bits per heavy atom. The van der Waals surface area contributed by atoms with E-state index in [4.69, 9.17) is 0 Å². The van der Waals surface area contributed by atoms with Gasteiger partial charge in [0.2, 0.25) is 10.0 Å². The fourth-order valence-corrected chi connectivity index (χ4v) is 3.94. The van der Waals surface area contributed by atoms with Crippen LogP contribution in [0.2, 0.25) is 0 Å². The largest absolute Gasteiger partial charge is 0.295 e. The molecule has 2 aromatic heterocycles. The van der Waals surface area contributed by atoms with Gasteiger partial charge in [0, 0.05) is 28.9 Å². The van der Waals surface area contributed by atoms with Crippen LogP contribution in [0.5, 0.6) is 0 Å². The molecule has 0 atom stereocenters. The van der Waals surface area contributed by atoms with Crippen molar-refractivity contribution in [1.29, 1.82) is 0 Å². The molecular formula is C17H15N3O3S2. The molecule has 8 heteroatoms. The van der Waals surface area contributed by atoms with Gasteiger partial charge in [0.1, 0.15) is 0 Å². The summed E-state index contributed by atoms with van der Waals surface area (Å²) in [5.74, 6) is -0.189. The number of carbonyl (C=O) groups excluding carboxylic acids is 1. The maximum absolute atomic E-state index is 12.5. The number of sulfonamides is 1. The van der Waals surface area contributed by atoms with Crippen molar-refractivity contribution in [3.63, 3.8) is 0 Å². The molecule has 1 aromatic carbocycles. The van der Waals surface area contributed by atoms with E-state index in [-0.39, 0.29) is 17.2 Å². The molecule has 3 rings (SSSR count). The standard InChI is InChI=1S/C17H15N3O3S2/c1-12(21)13-3-2-4-15(9-13)25(22,23)20-10-16-17(19-7-6-18-16)14-5-8-24-11-14/h2-9,11,20H,10H2,1H3. The third-order valence-corrected chi connectivity index (χ3v) is 5.63. The highest BCUT2D eigenvalue weighted by molar-refractivity contribution is 7.89. The Morgan fingerprint density at radius 2 is 2.00 bits per heavy atom. The van der Waals surface area contributed by atoms with Crippen molar-refractivity contribution in [2.24, 2.45) is 0 Å². The Morgan fingerprint density at radius 3 is 2.72 bits per heavy atom. The van der Waals surface area contributed by atoms with Crippen molar-refractivity contribution >= 4 is 27.1 Å². The van der Waals surface area contributed by atoms with E-state index in [2.05, 4.69) is 14.7 Å². The highest BCUT2D eigenvalue weighted by Crippen LogP contribution is 2.22. The van der Waals surface area contributed by atoms with Gasteiger partial charge in [-0.1, -0.05) is 12.1 Å². The van der Waals surface area contributed by atoms with E-state index in [9.17, 15) is 13.2 Å². The van der Waals surface area contributed by atoms with Crippen molar-refractivity contribution in [3.05, 3.63) is 64.7 Å². The topological polar surface area (TPSA) is 89.0 Å². The summed E-state index contributed by atoms with van der Waals surface area (Å²) in [6.45, 7) is 1.40. The van der Waals surface area contributed by atoms with Gasteiger partial charge in [-0.25, -0.2) is 13.1 Å². The number of carbonyl (C=O) groups is 1. The van der Waals surface area contributed by atoms with Gasteiger partial charge in [-0.05, 0) is 30.5 Å². The Hall–Kier alpha value is -2.42. The van der Waals surface area contributed by atoms with Gasteiger partial charge in [-0.15, -0.1) is 0 Å². The Balaban J connectivity index is 1.84. The number of hydrogen-bond acceptors (Lipinski definition) is 6. The molecule has 0 bridgehead atoms. The number of Topliss-reactive ketones (excluding diaryl/α,β-unsaturated/α-hetero) is 1. The summed E-state index contributed by atoms with van der Waals surface area (Å²) in [6.07, 6.45) is 3.09. The highest BCUT2D eigenvalue weighted by atomic mass is 32.2. The minimum Gasteiger partial charge on any atom is -0.295 e. The smallest absolute Gasteiger partial charge is 0.240 e. The minimum absolute atomic E-state index is 0.00561. The molecule has 25 heavy (non-hydrogen) atoms. The average molecular weight is 373 g/mol. The van der Waals surface area contributed by atoms with Gasteiger partial charge >= 0.3 is 0 Å². The van der Waals surface area contributed by atoms with Crippen LogP contribution in [0.3, 0.4) is 0 Å². The highest BCUT2D eigenvalue weighted by Gasteiger charge is 2.17. The Labute approximate surface area is 149 Å². The zero-order valence-corrected chi connectivity index (χ0v) is 15.0. The van der Waals surface area contributed by atoms with Crippen molar-refractivity contribution in [3.8, 4) is 11.3 Å². The molecule has 0 aliphatic carbocycles. The molecule has 0 aliphatic heterocycles. The van der Waals surface area contributed by atoms with E-state index in [1.165, 1.54) is 36.6 Å². The lowest BCUT2D eigenvalue weighted by atomic mass is 10.2. The van der Waals surface area contributed by atoms with Gasteiger partial charge in [-0.3, -0.25) is 14.8 Å². The van der Waals surface area contributed by atoms with E-state index in [0.29, 0.717) is 17.0 Å². The predicted molar refractivity (Wildman–Crippen MR) is 95.8 cm³/mol. The van der Waals surface area contributed by atoms with Crippen molar-refractivity contribution < 1.29 is 13.2 Å². The normalized spacial score (nSPS) is 11.4. The van der Waals surface area contributed by atoms with Crippen molar-refractivity contribution in [2.45, 2.75) is 18.4 Å². The molecular weight excluding hydrogens is 358 g/mol. The second-order valence-corrected chi connectivity index (χ2v) is 7.82. The van der Waals surface area contributed by atoms with Gasteiger partial charge in [0.15, 0.2) is 5.78 Å². The van der Waals surface area contributed by atoms with Gasteiger partial charge < -0.3 is 0 Å². The number of rotatable bonds is 6. The lowest BCUT2D eigenvalue weighted by molar-refractivity contribution is 0.101. The number of nitrogens with zero attached hydrogens (tertiary/aromatic N) is 2. The monoisotopic (exact) mass is 373 g/mol. The second-order valence-electron chi connectivity index (χ2n) is 5.27. The van der Waals surface area contributed by atoms with Gasteiger partial charge in [0.25, 0.3) is 0 Å². The lowest BCUT2D eigenvalue weighted by Crippen LogP contribution is -2.24. The molecule has 0 spiro atoms. The molecule has 0 saturated heterocycles. The zero-order chi connectivity index (χ0) is 17.9. The number of thiophene rings is 1. The fraction of sp³-hybridized carbons (Fsp3) is 0.118. The van der Waals surface area contributed by atoms with Crippen LogP contribution >= 0.6 is 11.3 Å². The second kappa shape index (κ2) is 7.22. The molecule has 0 unspecified atom stereocenters. The molecule has 128 valence electrons. The fourth-order valence-electron chi connectivity index (χ4n) is 2.27. The van der Waals surface area contributed by atoms with Crippen molar-refractivity contribution in [1.82, 2.24) is 14.7 Å². The molecule has 0 saturated carbocycles. The van der Waals surface area contributed by atoms with Crippen LogP contribution in [0, 0.1) is 0 Å². The maximum atomic E-state index is 12.5. The minimum atomic E-state index is -3.77. The predicted octanol–water partition coefficient (Wildman–Crippen LogP) is 2.89. The van der Waals surface area contributed by atoms with Gasteiger partial charge in [0.05, 0.1) is 22.8 Å². The van der Waals surface area contributed by atoms with E-state index in [0.717, 1.165) is 5.56 Å². The summed E-state index contributed by atoms with van der Waals surface area (Å²) in [7, 11) is -3.77. The van der Waals surface area contributed by atoms with E-state index in [1.807, 2.05) is 16.8 Å². The molecule has 0 aliphatic rings. The van der Waals surface area contributed by atoms with Crippen LogP contribution in [0.15, 0.2) is 58.4 Å². The zero-order valence-electron chi connectivity index (χ0n) is 13.3. The summed E-state index contributed by atoms with van der Waals surface area (Å²) in [5.41, 5.74) is 2.42. The molecule has 2 heterocycles. The van der Waals surface area contributed by atoms with Crippen LogP contribution < -0.4 is 4.72 Å². The van der Waals surface area contributed by atoms with Crippen LogP contribution in [-0.2, 0) is 16.6 Å². The van der Waals surface area contributed by atoms with Crippen LogP contribution in [0.25, 0.3) is 11.3 Å². The molecule has 0 fully saturated rings. The SMILES string of the molecule is CC(=O)c1cccc(S(=O)(=O)NCc2nccnc2-c2ccsc2)c1. The van der Waals surface area contributed by atoms with Crippen LogP contribution in [0.1, 0.15) is 23.0 Å². The summed E-state index contributed by atoms with van der Waals surface area (Å²) in [5, 5.41) is 3.85. The first-order chi connectivity index (χ1) is 12.0. The van der Waals surface area contributed by atoms with Crippen molar-refractivity contribution in [2.75, 3.05) is 0 Å². The molecule has 1 N–H and O–H groups in total. The molecule has 3 aromatic rings. The third kappa shape index (κ3) is 3.98. The quantitative estimate of drug-likeness (QED) is 0.671. The first-order valence-electron chi connectivity index (χ1n) is 7.40. The average Bonchev–Trinajstić information content (AvgIpc) is 3.15. The van der Waals surface area contributed by atoms with E-state index < -0.39 is 10.0 Å². The van der Waals surface area contributed by atoms with Crippen LogP contribution in [-0.4, -0.2) is 24.2 Å². The molecule has 0 radical (unpaired) electrons. The molecule has 6 nitrogen and oxygen atoms in total. The number of aromatic nitrogens is 2. The summed E-state index contributed by atoms with van der Waals surface area (Å²) < 4.78 is 27.5. The summed E-state index contributed by atoms with van der Waals surface area (Å²) >= 11 is 1.53. The first-order valence-corrected chi connectivity index (χ1v) is 9.83. The first kappa shape index (κ1) is 17.4. The lowest BCUT2D eigenvalue weighted by Gasteiger charge is -2.09. The summed E-state index contributed by atoms with van der Waals surface area (Å²) in [4.78, 5) is 20.0. The number of hydrogen-bond donors (Lipinski definition) is 1. The third-order valence-electron chi connectivity index (χ3n) is 3.55. The number of nitrogens with one attached hydrogen (secondary N) is 1. The number of benzene rings is 1. The van der Waals surface area contributed by atoms with Crippen LogP contribution in [0.4, 0.5) is 0 Å². The Bertz CT molecular complexity index is 999. The van der Waals surface area contributed by atoms with E-state index in [1.54, 1.807) is 18.3 Å². The Kier molecular flexibility index (Phi) is 5.03. The number of ketones is 1. The van der Waals surface area contributed by atoms with Gasteiger partial charge in [-0.2, -0.15) is 11.3 Å². The van der Waals surface area contributed by atoms with E-state index >= 15 is 0 Å².